The zero-order valence-corrected chi connectivity index (χ0v) is 23.8. The van der Waals surface area contributed by atoms with E-state index in [-0.39, 0.29) is 45.7 Å². The first-order valence-electron chi connectivity index (χ1n) is 12.2. The van der Waals surface area contributed by atoms with Gasteiger partial charge in [0.2, 0.25) is 0 Å². The Hall–Kier alpha value is -2.06. The van der Waals surface area contributed by atoms with Crippen molar-refractivity contribution in [2.75, 3.05) is 13.1 Å². The number of allylic oxidation sites excluding steroid dienone is 2. The van der Waals surface area contributed by atoms with E-state index >= 15 is 0 Å². The molecule has 0 aliphatic heterocycles. The van der Waals surface area contributed by atoms with Gasteiger partial charge in [-0.1, -0.05) is 71.3 Å². The summed E-state index contributed by atoms with van der Waals surface area (Å²) in [6.07, 6.45) is 0.623. The van der Waals surface area contributed by atoms with Crippen molar-refractivity contribution in [3.05, 3.63) is 51.5 Å². The van der Waals surface area contributed by atoms with E-state index in [1.807, 2.05) is 27.7 Å². The van der Waals surface area contributed by atoms with E-state index in [1.54, 1.807) is 0 Å². The van der Waals surface area contributed by atoms with Gasteiger partial charge >= 0.3 is 6.18 Å². The highest BCUT2D eigenvalue weighted by atomic mass is 35.5. The molecule has 37 heavy (non-hydrogen) atoms. The first kappa shape index (κ1) is 31.2. The maximum absolute atomic E-state index is 14.4. The summed E-state index contributed by atoms with van der Waals surface area (Å²) < 4.78 is 43.2. The van der Waals surface area contributed by atoms with Crippen molar-refractivity contribution in [3.63, 3.8) is 0 Å². The molecule has 1 heterocycles. The quantitative estimate of drug-likeness (QED) is 0.184. The van der Waals surface area contributed by atoms with Crippen LogP contribution in [0.1, 0.15) is 71.2 Å². The van der Waals surface area contributed by atoms with E-state index in [1.165, 1.54) is 17.3 Å². The molecular weight excluding hydrogens is 524 g/mol. The lowest BCUT2D eigenvalue weighted by molar-refractivity contribution is -0.0995. The maximum atomic E-state index is 14.4. The average molecular weight is 562 g/mol. The molecule has 1 aliphatic rings. The van der Waals surface area contributed by atoms with E-state index in [0.717, 1.165) is 12.8 Å². The Kier molecular flexibility index (Phi) is 9.91. The standard InChI is InChI=1S/C27H37Cl2F3N4O/c1-16-10-26(6,7)9-8-21(16)35-24(27(30,31)32)18(11-33)17(2)36(15-25(3,4)5)14-22(37)23-19(28)12-34-13-20(23)29/h11-13,16,21,33,35H,2,8-10,14-15H2,1,3-7H3/b24-18+,33-11?/t16-,21+/m1/s1. The normalized spacial score (nSPS) is 20.6. The Balaban J connectivity index is 2.49. The van der Waals surface area contributed by atoms with Gasteiger partial charge in [0, 0.05) is 42.5 Å². The predicted octanol–water partition coefficient (Wildman–Crippen LogP) is 7.70. The second-order valence-electron chi connectivity index (χ2n) is 11.8. The average Bonchev–Trinajstić information content (AvgIpc) is 2.72. The highest BCUT2D eigenvalue weighted by molar-refractivity contribution is 6.39. The van der Waals surface area contributed by atoms with Gasteiger partial charge in [-0.3, -0.25) is 9.78 Å². The molecule has 0 spiro atoms. The largest absolute Gasteiger partial charge is 0.431 e. The molecule has 5 nitrogen and oxygen atoms in total. The van der Waals surface area contributed by atoms with Gasteiger partial charge in [0.15, 0.2) is 5.78 Å². The number of hydrogen-bond acceptors (Lipinski definition) is 5. The molecule has 1 aliphatic carbocycles. The van der Waals surface area contributed by atoms with Crippen LogP contribution in [0.25, 0.3) is 0 Å². The first-order valence-corrected chi connectivity index (χ1v) is 13.0. The molecule has 0 bridgehead atoms. The van der Waals surface area contributed by atoms with Crippen molar-refractivity contribution in [1.29, 1.82) is 5.41 Å². The number of Topliss-reactive ketones (excluding diaryl/α,β-unsaturated/α-hetero) is 1. The molecule has 0 saturated heterocycles. The van der Waals surface area contributed by atoms with E-state index in [4.69, 9.17) is 28.6 Å². The van der Waals surface area contributed by atoms with Gasteiger partial charge in [-0.25, -0.2) is 0 Å². The number of ketones is 1. The molecule has 1 aromatic heterocycles. The topological polar surface area (TPSA) is 69.1 Å². The summed E-state index contributed by atoms with van der Waals surface area (Å²) >= 11 is 12.3. The summed E-state index contributed by atoms with van der Waals surface area (Å²) in [4.78, 5) is 18.5. The van der Waals surface area contributed by atoms with Crippen LogP contribution in [-0.4, -0.2) is 47.2 Å². The predicted molar refractivity (Wildman–Crippen MR) is 144 cm³/mol. The third-order valence-electron chi connectivity index (χ3n) is 6.54. The molecule has 1 fully saturated rings. The van der Waals surface area contributed by atoms with Crippen LogP contribution in [0.5, 0.6) is 0 Å². The molecule has 0 aromatic carbocycles. The molecule has 2 atom stereocenters. The van der Waals surface area contributed by atoms with E-state index < -0.39 is 34.7 Å². The monoisotopic (exact) mass is 560 g/mol. The lowest BCUT2D eigenvalue weighted by Crippen LogP contribution is -2.45. The maximum Gasteiger partial charge on any atom is 0.431 e. The molecule has 0 radical (unpaired) electrons. The Labute approximate surface area is 228 Å². The van der Waals surface area contributed by atoms with Crippen molar-refractivity contribution in [1.82, 2.24) is 15.2 Å². The zero-order chi connectivity index (χ0) is 28.3. The zero-order valence-electron chi connectivity index (χ0n) is 22.3. The third-order valence-corrected chi connectivity index (χ3v) is 7.12. The van der Waals surface area contributed by atoms with Crippen molar-refractivity contribution in [2.24, 2.45) is 16.7 Å². The lowest BCUT2D eigenvalue weighted by atomic mass is 9.70. The molecule has 10 heteroatoms. The van der Waals surface area contributed by atoms with Crippen LogP contribution in [-0.2, 0) is 0 Å². The number of pyridine rings is 1. The number of halogens is 5. The van der Waals surface area contributed by atoms with Gasteiger partial charge in [-0.2, -0.15) is 13.2 Å². The first-order chi connectivity index (χ1) is 16.9. The summed E-state index contributed by atoms with van der Waals surface area (Å²) in [5.74, 6) is -0.485. The minimum absolute atomic E-state index is 0.00424. The molecule has 2 rings (SSSR count). The van der Waals surface area contributed by atoms with Gasteiger partial charge in [0.05, 0.1) is 22.2 Å². The number of nitrogens with zero attached hydrogens (tertiary/aromatic N) is 2. The molecular formula is C27H37Cl2F3N4O. The fourth-order valence-corrected chi connectivity index (χ4v) is 5.45. The number of rotatable bonds is 9. The fraction of sp³-hybridized carbons (Fsp3) is 0.593. The Morgan fingerprint density at radius 1 is 1.27 bits per heavy atom. The minimum atomic E-state index is -4.75. The van der Waals surface area contributed by atoms with Crippen LogP contribution < -0.4 is 5.32 Å². The van der Waals surface area contributed by atoms with E-state index in [0.29, 0.717) is 12.6 Å². The van der Waals surface area contributed by atoms with Crippen LogP contribution >= 0.6 is 23.2 Å². The highest BCUT2D eigenvalue weighted by Crippen LogP contribution is 2.40. The SMILES string of the molecule is C=C(/C(C=N)=C(/N[C@H]1CCC(C)(C)C[C@H]1C)C(F)(F)F)N(CC(=O)c1c(Cl)cncc1Cl)CC(C)(C)C. The third kappa shape index (κ3) is 8.47. The second kappa shape index (κ2) is 11.8. The fourth-order valence-electron chi connectivity index (χ4n) is 4.88. The molecule has 2 N–H and O–H groups in total. The summed E-state index contributed by atoms with van der Waals surface area (Å²) in [5.41, 5.74) is -1.81. The highest BCUT2D eigenvalue weighted by Gasteiger charge is 2.41. The van der Waals surface area contributed by atoms with Crippen molar-refractivity contribution >= 4 is 35.2 Å². The van der Waals surface area contributed by atoms with Gasteiger partial charge in [-0.05, 0) is 36.0 Å². The number of aromatic nitrogens is 1. The Morgan fingerprint density at radius 2 is 1.84 bits per heavy atom. The van der Waals surface area contributed by atoms with Gasteiger partial charge < -0.3 is 15.6 Å². The smallest absolute Gasteiger partial charge is 0.377 e. The van der Waals surface area contributed by atoms with Crippen molar-refractivity contribution < 1.29 is 18.0 Å². The molecule has 206 valence electrons. The summed E-state index contributed by atoms with van der Waals surface area (Å²) in [7, 11) is 0. The Bertz CT molecular complexity index is 1040. The Morgan fingerprint density at radius 3 is 2.30 bits per heavy atom. The van der Waals surface area contributed by atoms with Crippen molar-refractivity contribution in [2.45, 2.75) is 73.0 Å². The van der Waals surface area contributed by atoms with Crippen LogP contribution in [0.2, 0.25) is 10.0 Å². The summed E-state index contributed by atoms with van der Waals surface area (Å²) in [6, 6.07) is -0.403. The number of carbonyl (C=O) groups excluding carboxylic acids is 1. The molecule has 0 amide bonds. The van der Waals surface area contributed by atoms with Crippen LogP contribution in [0.3, 0.4) is 0 Å². The number of nitrogens with one attached hydrogen (secondary N) is 2. The lowest BCUT2D eigenvalue weighted by Gasteiger charge is -2.41. The minimum Gasteiger partial charge on any atom is -0.377 e. The van der Waals surface area contributed by atoms with Crippen LogP contribution in [0.4, 0.5) is 13.2 Å². The molecule has 0 unspecified atom stereocenters. The number of alkyl halides is 3. The molecule has 1 aromatic rings. The summed E-state index contributed by atoms with van der Waals surface area (Å²) in [5, 5.41) is 10.7. The molecule has 1 saturated carbocycles. The number of carbonyl (C=O) groups is 1. The van der Waals surface area contributed by atoms with E-state index in [2.05, 4.69) is 30.7 Å². The van der Waals surface area contributed by atoms with Crippen molar-refractivity contribution in [3.8, 4) is 0 Å². The van der Waals surface area contributed by atoms with Crippen LogP contribution in [0.15, 0.2) is 35.9 Å². The van der Waals surface area contributed by atoms with Gasteiger partial charge in [0.1, 0.15) is 5.70 Å². The second-order valence-corrected chi connectivity index (χ2v) is 12.6. The number of hydrogen-bond donors (Lipinski definition) is 2. The van der Waals surface area contributed by atoms with Crippen LogP contribution in [0, 0.1) is 22.2 Å². The van der Waals surface area contributed by atoms with Gasteiger partial charge in [-0.15, -0.1) is 0 Å². The van der Waals surface area contributed by atoms with Gasteiger partial charge in [0.25, 0.3) is 0 Å². The van der Waals surface area contributed by atoms with E-state index in [9.17, 15) is 18.0 Å². The summed E-state index contributed by atoms with van der Waals surface area (Å²) in [6.45, 7) is 15.7.